The van der Waals surface area contributed by atoms with Gasteiger partial charge in [-0.05, 0) is 12.0 Å². The number of piperazine rings is 1. The Hall–Kier alpha value is -1.39. The van der Waals surface area contributed by atoms with Crippen molar-refractivity contribution in [2.75, 3.05) is 26.2 Å². The number of benzene rings is 1. The average molecular weight is 247 g/mol. The van der Waals surface area contributed by atoms with Crippen LogP contribution in [0, 0.1) is 0 Å². The molecule has 1 amide bonds. The van der Waals surface area contributed by atoms with Crippen molar-refractivity contribution >= 4 is 5.91 Å². The van der Waals surface area contributed by atoms with Gasteiger partial charge < -0.3 is 11.1 Å². The van der Waals surface area contributed by atoms with Gasteiger partial charge in [0.2, 0.25) is 5.91 Å². The van der Waals surface area contributed by atoms with Crippen LogP contribution in [0.25, 0.3) is 0 Å². The lowest BCUT2D eigenvalue weighted by Crippen LogP contribution is -2.52. The predicted molar refractivity (Wildman–Crippen MR) is 72.2 cm³/mol. The maximum Gasteiger partial charge on any atom is 0.218 e. The third-order valence-electron chi connectivity index (χ3n) is 3.43. The molecule has 1 aromatic rings. The zero-order chi connectivity index (χ0) is 12.8. The molecule has 1 atom stereocenters. The number of nitrogens with zero attached hydrogens (tertiary/aromatic N) is 1. The van der Waals surface area contributed by atoms with E-state index < -0.39 is 0 Å². The maximum atomic E-state index is 10.9. The summed E-state index contributed by atoms with van der Waals surface area (Å²) in [7, 11) is 0. The highest BCUT2D eigenvalue weighted by Gasteiger charge is 2.22. The van der Waals surface area contributed by atoms with E-state index in [9.17, 15) is 4.79 Å². The third-order valence-corrected chi connectivity index (χ3v) is 3.43. The van der Waals surface area contributed by atoms with E-state index in [0.29, 0.717) is 12.5 Å². The fourth-order valence-corrected chi connectivity index (χ4v) is 2.44. The first-order chi connectivity index (χ1) is 8.75. The molecule has 0 aliphatic carbocycles. The van der Waals surface area contributed by atoms with Crippen molar-refractivity contribution in [3.05, 3.63) is 35.9 Å². The molecule has 98 valence electrons. The molecular formula is C14H21N3O. The molecule has 0 radical (unpaired) electrons. The number of rotatable bonds is 5. The van der Waals surface area contributed by atoms with Crippen LogP contribution < -0.4 is 11.1 Å². The van der Waals surface area contributed by atoms with Crippen LogP contribution in [-0.4, -0.2) is 43.0 Å². The van der Waals surface area contributed by atoms with E-state index in [-0.39, 0.29) is 5.91 Å². The van der Waals surface area contributed by atoms with E-state index in [2.05, 4.69) is 34.5 Å². The number of amides is 1. The van der Waals surface area contributed by atoms with Gasteiger partial charge in [0.1, 0.15) is 0 Å². The summed E-state index contributed by atoms with van der Waals surface area (Å²) in [5.74, 6) is -0.216. The molecule has 1 aliphatic heterocycles. The van der Waals surface area contributed by atoms with Crippen LogP contribution in [0.2, 0.25) is 0 Å². The Morgan fingerprint density at radius 3 is 2.89 bits per heavy atom. The Balaban J connectivity index is 1.93. The van der Waals surface area contributed by atoms with Crippen LogP contribution in [0.1, 0.15) is 12.0 Å². The van der Waals surface area contributed by atoms with Gasteiger partial charge in [-0.15, -0.1) is 0 Å². The molecule has 1 unspecified atom stereocenters. The Bertz CT molecular complexity index is 380. The van der Waals surface area contributed by atoms with E-state index >= 15 is 0 Å². The zero-order valence-corrected chi connectivity index (χ0v) is 10.6. The second kappa shape index (κ2) is 6.52. The molecule has 0 bridgehead atoms. The van der Waals surface area contributed by atoms with E-state index in [1.54, 1.807) is 0 Å². The normalized spacial score (nSPS) is 20.8. The molecule has 18 heavy (non-hydrogen) atoms. The summed E-state index contributed by atoms with van der Waals surface area (Å²) < 4.78 is 0. The van der Waals surface area contributed by atoms with Crippen LogP contribution in [0.4, 0.5) is 0 Å². The van der Waals surface area contributed by atoms with E-state index in [1.165, 1.54) is 5.56 Å². The Kier molecular flexibility index (Phi) is 4.73. The highest BCUT2D eigenvalue weighted by molar-refractivity contribution is 5.73. The summed E-state index contributed by atoms with van der Waals surface area (Å²) in [5, 5.41) is 3.41. The number of nitrogens with two attached hydrogens (primary N) is 1. The Morgan fingerprint density at radius 2 is 2.17 bits per heavy atom. The first kappa shape index (κ1) is 13.1. The quantitative estimate of drug-likeness (QED) is 0.791. The average Bonchev–Trinajstić information content (AvgIpc) is 2.39. The molecule has 0 aromatic heterocycles. The molecule has 0 spiro atoms. The lowest BCUT2D eigenvalue weighted by molar-refractivity contribution is -0.118. The van der Waals surface area contributed by atoms with Crippen LogP contribution in [0.3, 0.4) is 0 Å². The lowest BCUT2D eigenvalue weighted by atomic mass is 10.0. The standard InChI is InChI=1S/C14H21N3O/c15-14(18)6-8-17-9-7-16-11-13(17)10-12-4-2-1-3-5-12/h1-5,13,16H,6-11H2,(H2,15,18). The van der Waals surface area contributed by atoms with Crippen molar-refractivity contribution in [3.63, 3.8) is 0 Å². The van der Waals surface area contributed by atoms with Gasteiger partial charge in [0.15, 0.2) is 0 Å². The SMILES string of the molecule is NC(=O)CCN1CCNCC1Cc1ccccc1. The van der Waals surface area contributed by atoms with Crippen molar-refractivity contribution in [2.24, 2.45) is 5.73 Å². The van der Waals surface area contributed by atoms with E-state index in [1.807, 2.05) is 6.07 Å². The first-order valence-electron chi connectivity index (χ1n) is 6.52. The minimum atomic E-state index is -0.216. The van der Waals surface area contributed by atoms with Gasteiger partial charge in [-0.3, -0.25) is 9.69 Å². The minimum absolute atomic E-state index is 0.216. The fraction of sp³-hybridized carbons (Fsp3) is 0.500. The van der Waals surface area contributed by atoms with Crippen molar-refractivity contribution in [1.29, 1.82) is 0 Å². The molecule has 1 fully saturated rings. The van der Waals surface area contributed by atoms with Crippen molar-refractivity contribution in [1.82, 2.24) is 10.2 Å². The molecule has 2 rings (SSSR count). The number of nitrogens with one attached hydrogen (secondary N) is 1. The van der Waals surface area contributed by atoms with Gasteiger partial charge in [-0.25, -0.2) is 0 Å². The van der Waals surface area contributed by atoms with Gasteiger partial charge in [0, 0.05) is 38.6 Å². The van der Waals surface area contributed by atoms with Crippen molar-refractivity contribution in [2.45, 2.75) is 18.9 Å². The summed E-state index contributed by atoms with van der Waals surface area (Å²) in [4.78, 5) is 13.3. The summed E-state index contributed by atoms with van der Waals surface area (Å²) in [6, 6.07) is 10.9. The second-order valence-electron chi connectivity index (χ2n) is 4.80. The maximum absolute atomic E-state index is 10.9. The second-order valence-corrected chi connectivity index (χ2v) is 4.80. The molecular weight excluding hydrogens is 226 g/mol. The van der Waals surface area contributed by atoms with Crippen molar-refractivity contribution in [3.8, 4) is 0 Å². The molecule has 1 aliphatic rings. The van der Waals surface area contributed by atoms with Crippen molar-refractivity contribution < 1.29 is 4.79 Å². The molecule has 4 nitrogen and oxygen atoms in total. The van der Waals surface area contributed by atoms with Gasteiger partial charge >= 0.3 is 0 Å². The number of carbonyl (C=O) groups is 1. The lowest BCUT2D eigenvalue weighted by Gasteiger charge is -2.36. The number of hydrogen-bond acceptors (Lipinski definition) is 3. The van der Waals surface area contributed by atoms with Crippen LogP contribution in [0.15, 0.2) is 30.3 Å². The number of carbonyl (C=O) groups excluding carboxylic acids is 1. The van der Waals surface area contributed by atoms with E-state index in [0.717, 1.165) is 32.6 Å². The molecule has 0 saturated carbocycles. The molecule has 1 aromatic carbocycles. The third kappa shape index (κ3) is 3.82. The van der Waals surface area contributed by atoms with Crippen LogP contribution in [-0.2, 0) is 11.2 Å². The predicted octanol–water partition coefficient (Wildman–Crippen LogP) is 0.378. The molecule has 1 saturated heterocycles. The monoisotopic (exact) mass is 247 g/mol. The fourth-order valence-electron chi connectivity index (χ4n) is 2.44. The molecule has 3 N–H and O–H groups in total. The zero-order valence-electron chi connectivity index (χ0n) is 10.6. The summed E-state index contributed by atoms with van der Waals surface area (Å²) >= 11 is 0. The molecule has 1 heterocycles. The topological polar surface area (TPSA) is 58.4 Å². The minimum Gasteiger partial charge on any atom is -0.370 e. The highest BCUT2D eigenvalue weighted by Crippen LogP contribution is 2.11. The Labute approximate surface area is 108 Å². The number of hydrogen-bond donors (Lipinski definition) is 2. The Morgan fingerprint density at radius 1 is 1.39 bits per heavy atom. The van der Waals surface area contributed by atoms with Gasteiger partial charge in [0.25, 0.3) is 0 Å². The number of primary amides is 1. The van der Waals surface area contributed by atoms with Gasteiger partial charge in [0.05, 0.1) is 0 Å². The summed E-state index contributed by atoms with van der Waals surface area (Å²) in [6.45, 7) is 3.73. The summed E-state index contributed by atoms with van der Waals surface area (Å²) in [5.41, 5.74) is 6.57. The van der Waals surface area contributed by atoms with Gasteiger partial charge in [-0.2, -0.15) is 0 Å². The highest BCUT2D eigenvalue weighted by atomic mass is 16.1. The summed E-state index contributed by atoms with van der Waals surface area (Å²) in [6.07, 6.45) is 1.47. The largest absolute Gasteiger partial charge is 0.370 e. The first-order valence-corrected chi connectivity index (χ1v) is 6.52. The van der Waals surface area contributed by atoms with Crippen LogP contribution >= 0.6 is 0 Å². The van der Waals surface area contributed by atoms with Crippen LogP contribution in [0.5, 0.6) is 0 Å². The van der Waals surface area contributed by atoms with E-state index in [4.69, 9.17) is 5.73 Å². The molecule has 4 heteroatoms. The van der Waals surface area contributed by atoms with Gasteiger partial charge in [-0.1, -0.05) is 30.3 Å². The smallest absolute Gasteiger partial charge is 0.218 e.